The summed E-state index contributed by atoms with van der Waals surface area (Å²) in [4.78, 5) is 0. The van der Waals surface area contributed by atoms with Gasteiger partial charge in [-0.2, -0.15) is 0 Å². The van der Waals surface area contributed by atoms with Crippen LogP contribution in [0, 0.1) is 3.57 Å². The third-order valence-electron chi connectivity index (χ3n) is 5.65. The Kier molecular flexibility index (Phi) is 9.12. The SMILES string of the molecule is C=C1O[C@H](OC)[C@H](OCc2ccccc2)[C@@H](OCc2ccccc2)[C@@H]1OCc1ccccc1I. The van der Waals surface area contributed by atoms with Crippen LogP contribution in [-0.2, 0) is 43.5 Å². The van der Waals surface area contributed by atoms with Crippen LogP contribution >= 0.6 is 22.6 Å². The lowest BCUT2D eigenvalue weighted by molar-refractivity contribution is -0.270. The summed E-state index contributed by atoms with van der Waals surface area (Å²) in [6, 6.07) is 28.2. The molecular formula is C28H29IO5. The molecule has 0 bridgehead atoms. The molecule has 1 fully saturated rings. The van der Waals surface area contributed by atoms with Crippen molar-refractivity contribution in [3.05, 3.63) is 118 Å². The van der Waals surface area contributed by atoms with E-state index in [0.29, 0.717) is 25.6 Å². The molecule has 0 radical (unpaired) electrons. The third-order valence-corrected chi connectivity index (χ3v) is 6.71. The second kappa shape index (κ2) is 12.5. The first-order chi connectivity index (χ1) is 16.7. The van der Waals surface area contributed by atoms with Crippen LogP contribution in [0.1, 0.15) is 16.7 Å². The van der Waals surface area contributed by atoms with E-state index >= 15 is 0 Å². The smallest absolute Gasteiger partial charge is 0.228 e. The molecule has 0 amide bonds. The topological polar surface area (TPSA) is 46.2 Å². The summed E-state index contributed by atoms with van der Waals surface area (Å²) in [5, 5.41) is 0. The normalized spacial score (nSPS) is 22.4. The van der Waals surface area contributed by atoms with Gasteiger partial charge in [0, 0.05) is 10.7 Å². The Labute approximate surface area is 214 Å². The van der Waals surface area contributed by atoms with E-state index in [1.54, 1.807) is 7.11 Å². The molecule has 178 valence electrons. The van der Waals surface area contributed by atoms with Gasteiger partial charge < -0.3 is 23.7 Å². The summed E-state index contributed by atoms with van der Waals surface area (Å²) < 4.78 is 31.9. The van der Waals surface area contributed by atoms with Gasteiger partial charge >= 0.3 is 0 Å². The van der Waals surface area contributed by atoms with Crippen LogP contribution in [0.4, 0.5) is 0 Å². The lowest BCUT2D eigenvalue weighted by Gasteiger charge is -2.42. The molecule has 0 N–H and O–H groups in total. The van der Waals surface area contributed by atoms with E-state index in [-0.39, 0.29) is 0 Å². The van der Waals surface area contributed by atoms with Crippen LogP contribution in [0.3, 0.4) is 0 Å². The molecule has 5 nitrogen and oxygen atoms in total. The van der Waals surface area contributed by atoms with Crippen molar-refractivity contribution in [2.24, 2.45) is 0 Å². The molecule has 0 aliphatic carbocycles. The quantitative estimate of drug-likeness (QED) is 0.285. The van der Waals surface area contributed by atoms with E-state index in [1.807, 2.05) is 72.8 Å². The Morgan fingerprint density at radius 2 is 1.29 bits per heavy atom. The number of hydrogen-bond acceptors (Lipinski definition) is 5. The molecule has 4 atom stereocenters. The highest BCUT2D eigenvalue weighted by molar-refractivity contribution is 14.1. The Bertz CT molecular complexity index is 1040. The largest absolute Gasteiger partial charge is 0.464 e. The summed E-state index contributed by atoms with van der Waals surface area (Å²) >= 11 is 2.31. The molecule has 0 spiro atoms. The van der Waals surface area contributed by atoms with E-state index in [4.69, 9.17) is 23.7 Å². The fourth-order valence-electron chi connectivity index (χ4n) is 3.85. The summed E-state index contributed by atoms with van der Waals surface area (Å²) in [7, 11) is 1.60. The zero-order valence-electron chi connectivity index (χ0n) is 19.1. The van der Waals surface area contributed by atoms with Crippen molar-refractivity contribution in [3.8, 4) is 0 Å². The highest BCUT2D eigenvalue weighted by atomic mass is 127. The standard InChI is InChI=1S/C28H29IO5/c1-20-25(33-19-23-15-9-10-16-24(23)29)26(31-17-21-11-5-3-6-12-21)27(28(30-2)34-20)32-18-22-13-7-4-8-14-22/h3-16,25-28H,1,17-19H2,2H3/t25-,26+,27-,28+/m1/s1. The number of methoxy groups -OCH3 is 1. The number of hydrogen-bond donors (Lipinski definition) is 0. The zero-order chi connectivity index (χ0) is 23.8. The van der Waals surface area contributed by atoms with Gasteiger partial charge in [-0.3, -0.25) is 0 Å². The van der Waals surface area contributed by atoms with E-state index in [2.05, 4.69) is 41.3 Å². The Morgan fingerprint density at radius 3 is 1.88 bits per heavy atom. The molecule has 0 unspecified atom stereocenters. The van der Waals surface area contributed by atoms with Gasteiger partial charge in [0.05, 0.1) is 19.8 Å². The van der Waals surface area contributed by atoms with Gasteiger partial charge in [0.2, 0.25) is 6.29 Å². The number of ether oxygens (including phenoxy) is 5. The molecule has 0 saturated carbocycles. The molecule has 3 aromatic carbocycles. The van der Waals surface area contributed by atoms with E-state index in [0.717, 1.165) is 20.3 Å². The maximum atomic E-state index is 6.43. The molecular weight excluding hydrogens is 543 g/mol. The second-order valence-corrected chi connectivity index (χ2v) is 9.20. The van der Waals surface area contributed by atoms with Gasteiger partial charge in [-0.05, 0) is 45.3 Å². The minimum Gasteiger partial charge on any atom is -0.464 e. The molecule has 6 heteroatoms. The lowest BCUT2D eigenvalue weighted by atomic mass is 10.0. The number of rotatable bonds is 10. The Balaban J connectivity index is 1.55. The fraction of sp³-hybridized carbons (Fsp3) is 0.286. The average molecular weight is 572 g/mol. The van der Waals surface area contributed by atoms with Crippen molar-refractivity contribution in [2.45, 2.75) is 44.4 Å². The van der Waals surface area contributed by atoms with Gasteiger partial charge in [-0.25, -0.2) is 0 Å². The lowest BCUT2D eigenvalue weighted by Crippen LogP contribution is -2.55. The molecule has 1 aliphatic heterocycles. The minimum atomic E-state index is -0.659. The van der Waals surface area contributed by atoms with Gasteiger partial charge in [0.1, 0.15) is 24.1 Å². The first kappa shape index (κ1) is 24.9. The summed E-state index contributed by atoms with van der Waals surface area (Å²) in [5.41, 5.74) is 3.21. The minimum absolute atomic E-state index is 0.399. The third kappa shape index (κ3) is 6.46. The molecule has 4 rings (SSSR count). The van der Waals surface area contributed by atoms with Crippen molar-refractivity contribution in [1.82, 2.24) is 0 Å². The van der Waals surface area contributed by atoms with Crippen molar-refractivity contribution in [3.63, 3.8) is 0 Å². The summed E-state index contributed by atoms with van der Waals surface area (Å²) in [6.07, 6.45) is -2.17. The summed E-state index contributed by atoms with van der Waals surface area (Å²) in [6.45, 7) is 5.33. The second-order valence-electron chi connectivity index (χ2n) is 8.03. The molecule has 1 aliphatic rings. The van der Waals surface area contributed by atoms with Crippen LogP contribution in [0.25, 0.3) is 0 Å². The predicted molar refractivity (Wildman–Crippen MR) is 139 cm³/mol. The van der Waals surface area contributed by atoms with Crippen LogP contribution < -0.4 is 0 Å². The van der Waals surface area contributed by atoms with Crippen molar-refractivity contribution < 1.29 is 23.7 Å². The van der Waals surface area contributed by atoms with Crippen molar-refractivity contribution in [2.75, 3.05) is 7.11 Å². The Morgan fingerprint density at radius 1 is 0.735 bits per heavy atom. The average Bonchev–Trinajstić information content (AvgIpc) is 2.88. The monoisotopic (exact) mass is 572 g/mol. The van der Waals surface area contributed by atoms with E-state index in [1.165, 1.54) is 0 Å². The van der Waals surface area contributed by atoms with Crippen LogP contribution in [0.15, 0.2) is 97.3 Å². The maximum Gasteiger partial charge on any atom is 0.228 e. The molecule has 34 heavy (non-hydrogen) atoms. The van der Waals surface area contributed by atoms with Crippen LogP contribution in [-0.4, -0.2) is 31.7 Å². The molecule has 3 aromatic rings. The van der Waals surface area contributed by atoms with Gasteiger partial charge in [-0.15, -0.1) is 0 Å². The van der Waals surface area contributed by atoms with Crippen molar-refractivity contribution in [1.29, 1.82) is 0 Å². The van der Waals surface area contributed by atoms with Crippen LogP contribution in [0.5, 0.6) is 0 Å². The molecule has 0 aromatic heterocycles. The first-order valence-electron chi connectivity index (χ1n) is 11.2. The Hall–Kier alpha value is -2.23. The number of benzene rings is 3. The predicted octanol–water partition coefficient (Wildman–Crippen LogP) is 5.86. The van der Waals surface area contributed by atoms with E-state index in [9.17, 15) is 0 Å². The van der Waals surface area contributed by atoms with Crippen molar-refractivity contribution >= 4 is 22.6 Å². The van der Waals surface area contributed by atoms with Gasteiger partial charge in [-0.1, -0.05) is 85.4 Å². The highest BCUT2D eigenvalue weighted by Crippen LogP contribution is 2.32. The van der Waals surface area contributed by atoms with E-state index < -0.39 is 24.6 Å². The highest BCUT2D eigenvalue weighted by Gasteiger charge is 2.46. The van der Waals surface area contributed by atoms with Gasteiger partial charge in [0.25, 0.3) is 0 Å². The molecule has 1 heterocycles. The summed E-state index contributed by atoms with van der Waals surface area (Å²) in [5.74, 6) is 0.468. The fourth-order valence-corrected chi connectivity index (χ4v) is 4.39. The first-order valence-corrected chi connectivity index (χ1v) is 12.3. The zero-order valence-corrected chi connectivity index (χ0v) is 21.3. The molecule has 1 saturated heterocycles. The number of halogens is 1. The maximum absolute atomic E-state index is 6.43. The van der Waals surface area contributed by atoms with Gasteiger partial charge in [0.15, 0.2) is 0 Å². The van der Waals surface area contributed by atoms with Crippen LogP contribution in [0.2, 0.25) is 0 Å².